The van der Waals surface area contributed by atoms with Crippen LogP contribution in [0.25, 0.3) is 0 Å². The summed E-state index contributed by atoms with van der Waals surface area (Å²) in [4.78, 5) is 39.1. The van der Waals surface area contributed by atoms with Crippen LogP contribution in [0.5, 0.6) is 0 Å². The summed E-state index contributed by atoms with van der Waals surface area (Å²) in [6, 6.07) is 8.49. The lowest BCUT2D eigenvalue weighted by Crippen LogP contribution is -2.60. The summed E-state index contributed by atoms with van der Waals surface area (Å²) >= 11 is 0. The van der Waals surface area contributed by atoms with Gasteiger partial charge in [-0.2, -0.15) is 0 Å². The topological polar surface area (TPSA) is 88.8 Å². The van der Waals surface area contributed by atoms with Crippen molar-refractivity contribution >= 4 is 29.2 Å². The van der Waals surface area contributed by atoms with Gasteiger partial charge >= 0.3 is 5.97 Å². The van der Waals surface area contributed by atoms with E-state index in [2.05, 4.69) is 5.32 Å². The standard InChI is InChI=1S/C19H20N2O5/c1-11-13(9-10-25-11)17(23)26-12(2)16(22)21-15-8-6-5-7-14(15)20-18(24)19(21,3)4/h5-10,12H,1-4H3,(H,20,24)/t12-/m0/s1. The number of furan rings is 1. The maximum absolute atomic E-state index is 13.1. The Hall–Kier alpha value is -3.09. The van der Waals surface area contributed by atoms with Gasteiger partial charge in [0.2, 0.25) is 5.91 Å². The average molecular weight is 356 g/mol. The number of anilines is 2. The van der Waals surface area contributed by atoms with Gasteiger partial charge in [0.15, 0.2) is 6.10 Å². The molecule has 0 fully saturated rings. The second-order valence-corrected chi connectivity index (χ2v) is 6.64. The molecule has 2 heterocycles. The fourth-order valence-corrected chi connectivity index (χ4v) is 2.90. The number of amides is 2. The number of esters is 1. The van der Waals surface area contributed by atoms with Gasteiger partial charge in [0.05, 0.1) is 17.6 Å². The third kappa shape index (κ3) is 2.85. The predicted molar refractivity (Wildman–Crippen MR) is 95.0 cm³/mol. The Morgan fingerprint density at radius 2 is 1.92 bits per heavy atom. The SMILES string of the molecule is Cc1occc1C(=O)O[C@@H](C)C(=O)N1c2ccccc2NC(=O)C1(C)C. The highest BCUT2D eigenvalue weighted by Crippen LogP contribution is 2.37. The summed E-state index contributed by atoms with van der Waals surface area (Å²) in [6.07, 6.45) is 0.308. The van der Waals surface area contributed by atoms with Crippen molar-refractivity contribution in [3.8, 4) is 0 Å². The fraction of sp³-hybridized carbons (Fsp3) is 0.316. The molecule has 0 saturated heterocycles. The molecule has 0 saturated carbocycles. The smallest absolute Gasteiger partial charge is 0.342 e. The molecule has 26 heavy (non-hydrogen) atoms. The van der Waals surface area contributed by atoms with Crippen molar-refractivity contribution in [2.75, 3.05) is 10.2 Å². The van der Waals surface area contributed by atoms with Gasteiger partial charge < -0.3 is 14.5 Å². The van der Waals surface area contributed by atoms with Crippen molar-refractivity contribution in [1.82, 2.24) is 0 Å². The Bertz CT molecular complexity index is 884. The second-order valence-electron chi connectivity index (χ2n) is 6.64. The van der Waals surface area contributed by atoms with E-state index in [1.54, 1.807) is 45.0 Å². The third-order valence-electron chi connectivity index (χ3n) is 4.44. The van der Waals surface area contributed by atoms with Crippen LogP contribution in [0.2, 0.25) is 0 Å². The maximum Gasteiger partial charge on any atom is 0.342 e. The van der Waals surface area contributed by atoms with Gasteiger partial charge in [-0.3, -0.25) is 14.5 Å². The Balaban J connectivity index is 1.89. The van der Waals surface area contributed by atoms with Crippen molar-refractivity contribution in [2.45, 2.75) is 39.3 Å². The number of carbonyl (C=O) groups excluding carboxylic acids is 3. The first-order valence-electron chi connectivity index (χ1n) is 8.23. The summed E-state index contributed by atoms with van der Waals surface area (Å²) in [7, 11) is 0. The molecule has 7 nitrogen and oxygen atoms in total. The molecule has 1 atom stereocenters. The van der Waals surface area contributed by atoms with Gasteiger partial charge in [0.25, 0.3) is 5.91 Å². The van der Waals surface area contributed by atoms with Gasteiger partial charge in [-0.05, 0) is 45.9 Å². The number of hydrogen-bond donors (Lipinski definition) is 1. The van der Waals surface area contributed by atoms with Crippen molar-refractivity contribution < 1.29 is 23.5 Å². The van der Waals surface area contributed by atoms with Crippen LogP contribution in [0.4, 0.5) is 11.4 Å². The van der Waals surface area contributed by atoms with Gasteiger partial charge in [0, 0.05) is 0 Å². The lowest BCUT2D eigenvalue weighted by Gasteiger charge is -2.42. The number of ether oxygens (including phenoxy) is 1. The highest BCUT2D eigenvalue weighted by molar-refractivity contribution is 6.15. The zero-order valence-electron chi connectivity index (χ0n) is 15.0. The Kier molecular flexibility index (Phi) is 4.31. The molecule has 7 heteroatoms. The minimum atomic E-state index is -1.13. The number of benzene rings is 1. The van der Waals surface area contributed by atoms with Crippen LogP contribution in [0.3, 0.4) is 0 Å². The summed E-state index contributed by atoms with van der Waals surface area (Å²) in [5.41, 5.74) is 0.233. The summed E-state index contributed by atoms with van der Waals surface area (Å²) in [6.45, 7) is 6.41. The number of rotatable bonds is 3. The summed E-state index contributed by atoms with van der Waals surface area (Å²) in [5, 5.41) is 2.79. The number of para-hydroxylation sites is 2. The molecule has 0 spiro atoms. The molecule has 1 aliphatic heterocycles. The number of hydrogen-bond acceptors (Lipinski definition) is 5. The first kappa shape index (κ1) is 17.7. The number of carbonyl (C=O) groups is 3. The van der Waals surface area contributed by atoms with E-state index in [1.807, 2.05) is 0 Å². The normalized spacial score (nSPS) is 16.5. The molecular formula is C19H20N2O5. The first-order valence-corrected chi connectivity index (χ1v) is 8.23. The number of fused-ring (bicyclic) bond motifs is 1. The molecule has 1 aromatic carbocycles. The van der Waals surface area contributed by atoms with E-state index in [9.17, 15) is 14.4 Å². The second kappa shape index (κ2) is 6.33. The van der Waals surface area contributed by atoms with E-state index >= 15 is 0 Å². The maximum atomic E-state index is 13.1. The monoisotopic (exact) mass is 356 g/mol. The molecule has 1 aliphatic rings. The Labute approximate surface area is 150 Å². The molecule has 2 amide bonds. The molecule has 1 aromatic heterocycles. The van der Waals surface area contributed by atoms with E-state index in [1.165, 1.54) is 24.2 Å². The van der Waals surface area contributed by atoms with E-state index in [0.717, 1.165) is 0 Å². The minimum Gasteiger partial charge on any atom is -0.469 e. The molecule has 0 unspecified atom stereocenters. The van der Waals surface area contributed by atoms with Crippen LogP contribution in [-0.4, -0.2) is 29.4 Å². The molecule has 0 radical (unpaired) electrons. The Morgan fingerprint density at radius 3 is 2.58 bits per heavy atom. The Morgan fingerprint density at radius 1 is 1.23 bits per heavy atom. The van der Waals surface area contributed by atoms with Crippen molar-refractivity contribution in [3.63, 3.8) is 0 Å². The lowest BCUT2D eigenvalue weighted by molar-refractivity contribution is -0.131. The molecule has 0 bridgehead atoms. The zero-order chi connectivity index (χ0) is 19.1. The van der Waals surface area contributed by atoms with Crippen LogP contribution >= 0.6 is 0 Å². The van der Waals surface area contributed by atoms with Gasteiger partial charge in [-0.15, -0.1) is 0 Å². The summed E-state index contributed by atoms with van der Waals surface area (Å²) < 4.78 is 10.4. The van der Waals surface area contributed by atoms with E-state index in [0.29, 0.717) is 17.1 Å². The van der Waals surface area contributed by atoms with Crippen LogP contribution in [0.1, 0.15) is 36.9 Å². The molecule has 136 valence electrons. The predicted octanol–water partition coefficient (Wildman–Crippen LogP) is 2.90. The van der Waals surface area contributed by atoms with Gasteiger partial charge in [0.1, 0.15) is 16.9 Å². The molecule has 1 N–H and O–H groups in total. The fourth-order valence-electron chi connectivity index (χ4n) is 2.90. The van der Waals surface area contributed by atoms with Crippen molar-refractivity contribution in [3.05, 3.63) is 47.9 Å². The van der Waals surface area contributed by atoms with Crippen LogP contribution < -0.4 is 10.2 Å². The highest BCUT2D eigenvalue weighted by atomic mass is 16.5. The molecule has 2 aromatic rings. The van der Waals surface area contributed by atoms with E-state index in [-0.39, 0.29) is 11.5 Å². The van der Waals surface area contributed by atoms with E-state index < -0.39 is 23.5 Å². The zero-order valence-corrected chi connectivity index (χ0v) is 15.0. The molecular weight excluding hydrogens is 336 g/mol. The molecule has 0 aliphatic carbocycles. The summed E-state index contributed by atoms with van der Waals surface area (Å²) in [5.74, 6) is -1.03. The molecule has 3 rings (SSSR count). The van der Waals surface area contributed by atoms with Crippen LogP contribution in [0.15, 0.2) is 41.0 Å². The van der Waals surface area contributed by atoms with Gasteiger partial charge in [-0.1, -0.05) is 12.1 Å². The third-order valence-corrected chi connectivity index (χ3v) is 4.44. The first-order chi connectivity index (χ1) is 12.2. The largest absolute Gasteiger partial charge is 0.469 e. The number of nitrogens with zero attached hydrogens (tertiary/aromatic N) is 1. The van der Waals surface area contributed by atoms with E-state index in [4.69, 9.17) is 9.15 Å². The highest BCUT2D eigenvalue weighted by Gasteiger charge is 2.45. The van der Waals surface area contributed by atoms with Crippen LogP contribution in [0, 0.1) is 6.92 Å². The van der Waals surface area contributed by atoms with Crippen molar-refractivity contribution in [2.24, 2.45) is 0 Å². The van der Waals surface area contributed by atoms with Crippen molar-refractivity contribution in [1.29, 1.82) is 0 Å². The lowest BCUT2D eigenvalue weighted by atomic mass is 9.95. The minimum absolute atomic E-state index is 0.265. The number of nitrogens with one attached hydrogen (secondary N) is 1. The number of aryl methyl sites for hydroxylation is 1. The van der Waals surface area contributed by atoms with Crippen LogP contribution in [-0.2, 0) is 14.3 Å². The average Bonchev–Trinajstić information content (AvgIpc) is 3.01. The quantitative estimate of drug-likeness (QED) is 0.854. The van der Waals surface area contributed by atoms with Gasteiger partial charge in [-0.25, -0.2) is 4.79 Å².